The van der Waals surface area contributed by atoms with E-state index in [0.717, 1.165) is 6.07 Å². The van der Waals surface area contributed by atoms with Crippen LogP contribution in [-0.2, 0) is 10.9 Å². The van der Waals surface area contributed by atoms with Gasteiger partial charge in [-0.25, -0.2) is 9.18 Å². The summed E-state index contributed by atoms with van der Waals surface area (Å²) in [6, 6.07) is 1.31. The van der Waals surface area contributed by atoms with E-state index in [-0.39, 0.29) is 18.3 Å². The quantitative estimate of drug-likeness (QED) is 0.834. The predicted molar refractivity (Wildman–Crippen MR) is 75.4 cm³/mol. The van der Waals surface area contributed by atoms with Crippen molar-refractivity contribution >= 4 is 11.7 Å². The Bertz CT molecular complexity index is 563. The lowest BCUT2D eigenvalue weighted by Crippen LogP contribution is -2.47. The van der Waals surface area contributed by atoms with Crippen molar-refractivity contribution in [2.75, 3.05) is 31.6 Å². The summed E-state index contributed by atoms with van der Waals surface area (Å²) in [6.07, 6.45) is -4.33. The van der Waals surface area contributed by atoms with Crippen molar-refractivity contribution in [2.45, 2.75) is 18.7 Å². The smallest absolute Gasteiger partial charge is 0.374 e. The van der Waals surface area contributed by atoms with Crippen molar-refractivity contribution in [1.29, 1.82) is 0 Å². The van der Waals surface area contributed by atoms with Crippen molar-refractivity contribution in [2.24, 2.45) is 5.73 Å². The van der Waals surface area contributed by atoms with Crippen LogP contribution in [0.1, 0.15) is 12.0 Å². The Morgan fingerprint density at radius 1 is 1.39 bits per heavy atom. The average Bonchev–Trinajstić information content (AvgIpc) is 2.46. The SMILES string of the molecule is NCC[C@H]1CN(C(=O)Nc2cc(F)cc(C(F)(F)F)c2)CCO1. The third-order valence-corrected chi connectivity index (χ3v) is 3.39. The lowest BCUT2D eigenvalue weighted by Gasteiger charge is -2.32. The van der Waals surface area contributed by atoms with Crippen LogP contribution in [0.15, 0.2) is 18.2 Å². The van der Waals surface area contributed by atoms with Gasteiger partial charge in [-0.15, -0.1) is 0 Å². The molecule has 1 saturated heterocycles. The number of hydrogen-bond acceptors (Lipinski definition) is 3. The number of rotatable bonds is 3. The van der Waals surface area contributed by atoms with Crippen LogP contribution < -0.4 is 11.1 Å². The van der Waals surface area contributed by atoms with Gasteiger partial charge in [0.05, 0.1) is 18.3 Å². The zero-order chi connectivity index (χ0) is 17.0. The first-order valence-corrected chi connectivity index (χ1v) is 7.05. The van der Waals surface area contributed by atoms with Crippen LogP contribution in [0.25, 0.3) is 0 Å². The number of carbonyl (C=O) groups is 1. The van der Waals surface area contributed by atoms with Gasteiger partial charge in [0.25, 0.3) is 0 Å². The number of urea groups is 1. The van der Waals surface area contributed by atoms with Crippen LogP contribution in [0.3, 0.4) is 0 Å². The van der Waals surface area contributed by atoms with Gasteiger partial charge in [0.1, 0.15) is 5.82 Å². The van der Waals surface area contributed by atoms with Crippen LogP contribution >= 0.6 is 0 Å². The van der Waals surface area contributed by atoms with E-state index in [1.807, 2.05) is 0 Å². The molecular weight excluding hydrogens is 318 g/mol. The van der Waals surface area contributed by atoms with Gasteiger partial charge < -0.3 is 20.7 Å². The number of ether oxygens (including phenoxy) is 1. The zero-order valence-corrected chi connectivity index (χ0v) is 12.2. The number of anilines is 1. The molecular formula is C14H17F4N3O2. The normalized spacial score (nSPS) is 18.8. The summed E-state index contributed by atoms with van der Waals surface area (Å²) in [6.45, 7) is 1.30. The molecule has 0 radical (unpaired) electrons. The van der Waals surface area contributed by atoms with Gasteiger partial charge in [0.2, 0.25) is 0 Å². The molecule has 1 atom stereocenters. The lowest BCUT2D eigenvalue weighted by molar-refractivity contribution is -0.137. The summed E-state index contributed by atoms with van der Waals surface area (Å²) in [5.74, 6) is -1.07. The summed E-state index contributed by atoms with van der Waals surface area (Å²) in [5.41, 5.74) is 4.03. The molecule has 2 rings (SSSR count). The average molecular weight is 335 g/mol. The second-order valence-corrected chi connectivity index (χ2v) is 5.17. The Hall–Kier alpha value is -1.87. The minimum atomic E-state index is -4.69. The summed E-state index contributed by atoms with van der Waals surface area (Å²) in [7, 11) is 0. The molecule has 9 heteroatoms. The Morgan fingerprint density at radius 2 is 2.13 bits per heavy atom. The molecule has 0 spiro atoms. The maximum Gasteiger partial charge on any atom is 0.416 e. The van der Waals surface area contributed by atoms with Gasteiger partial charge in [-0.2, -0.15) is 13.2 Å². The minimum absolute atomic E-state index is 0.210. The largest absolute Gasteiger partial charge is 0.416 e. The number of morpholine rings is 1. The lowest BCUT2D eigenvalue weighted by atomic mass is 10.2. The number of amides is 2. The van der Waals surface area contributed by atoms with Crippen molar-refractivity contribution in [3.8, 4) is 0 Å². The van der Waals surface area contributed by atoms with Crippen molar-refractivity contribution < 1.29 is 27.1 Å². The van der Waals surface area contributed by atoms with Crippen LogP contribution in [0, 0.1) is 5.82 Å². The van der Waals surface area contributed by atoms with Gasteiger partial charge >= 0.3 is 12.2 Å². The molecule has 5 nitrogen and oxygen atoms in total. The van der Waals surface area contributed by atoms with Gasteiger partial charge in [-0.1, -0.05) is 0 Å². The van der Waals surface area contributed by atoms with Crippen LogP contribution in [0.4, 0.5) is 28.0 Å². The summed E-state index contributed by atoms with van der Waals surface area (Å²) in [4.78, 5) is 13.5. The molecule has 0 saturated carbocycles. The van der Waals surface area contributed by atoms with Gasteiger partial charge in [-0.05, 0) is 31.2 Å². The number of nitrogens with one attached hydrogen (secondary N) is 1. The molecule has 0 unspecified atom stereocenters. The molecule has 1 aliphatic heterocycles. The van der Waals surface area contributed by atoms with E-state index >= 15 is 0 Å². The summed E-state index contributed by atoms with van der Waals surface area (Å²) >= 11 is 0. The van der Waals surface area contributed by atoms with Gasteiger partial charge in [0.15, 0.2) is 0 Å². The molecule has 128 valence electrons. The Morgan fingerprint density at radius 3 is 2.78 bits per heavy atom. The zero-order valence-electron chi connectivity index (χ0n) is 12.2. The number of benzene rings is 1. The molecule has 1 aliphatic rings. The van der Waals surface area contributed by atoms with E-state index in [9.17, 15) is 22.4 Å². The molecule has 3 N–H and O–H groups in total. The Labute approximate surface area is 130 Å². The molecule has 1 heterocycles. The summed E-state index contributed by atoms with van der Waals surface area (Å²) < 4.78 is 56.7. The van der Waals surface area contributed by atoms with E-state index in [1.54, 1.807) is 0 Å². The molecule has 1 aromatic rings. The Balaban J connectivity index is 2.06. The number of halogens is 4. The molecule has 2 amide bonds. The van der Waals surface area contributed by atoms with E-state index in [4.69, 9.17) is 10.5 Å². The first-order valence-electron chi connectivity index (χ1n) is 7.05. The fraction of sp³-hybridized carbons (Fsp3) is 0.500. The van der Waals surface area contributed by atoms with E-state index in [1.165, 1.54) is 4.90 Å². The summed E-state index contributed by atoms with van der Waals surface area (Å²) in [5, 5.41) is 2.29. The molecule has 0 bridgehead atoms. The van der Waals surface area contributed by atoms with Gasteiger partial charge in [-0.3, -0.25) is 0 Å². The first kappa shape index (κ1) is 17.5. The van der Waals surface area contributed by atoms with Crippen molar-refractivity contribution in [3.05, 3.63) is 29.6 Å². The maximum absolute atomic E-state index is 13.3. The van der Waals surface area contributed by atoms with E-state index in [0.29, 0.717) is 38.2 Å². The highest BCUT2D eigenvalue weighted by molar-refractivity contribution is 5.89. The van der Waals surface area contributed by atoms with E-state index < -0.39 is 23.6 Å². The highest BCUT2D eigenvalue weighted by Gasteiger charge is 2.32. The molecule has 23 heavy (non-hydrogen) atoms. The van der Waals surface area contributed by atoms with Crippen molar-refractivity contribution in [1.82, 2.24) is 4.90 Å². The monoisotopic (exact) mass is 335 g/mol. The fourth-order valence-corrected chi connectivity index (χ4v) is 2.29. The highest BCUT2D eigenvalue weighted by atomic mass is 19.4. The highest BCUT2D eigenvalue weighted by Crippen LogP contribution is 2.31. The minimum Gasteiger partial charge on any atom is -0.374 e. The number of nitrogens with two attached hydrogens (primary N) is 1. The van der Waals surface area contributed by atoms with Gasteiger partial charge in [0, 0.05) is 18.8 Å². The number of alkyl halides is 3. The van der Waals surface area contributed by atoms with Crippen molar-refractivity contribution in [3.63, 3.8) is 0 Å². The first-order chi connectivity index (χ1) is 10.8. The maximum atomic E-state index is 13.3. The molecule has 0 aliphatic carbocycles. The number of nitrogens with zero attached hydrogens (tertiary/aromatic N) is 1. The molecule has 1 fully saturated rings. The standard InChI is InChI=1S/C14H17F4N3O2/c15-10-5-9(14(16,17)18)6-11(7-10)20-13(22)21-3-4-23-12(8-21)1-2-19/h5-7,12H,1-4,8,19H2,(H,20,22)/t12-/m0/s1. The second kappa shape index (κ2) is 7.14. The topological polar surface area (TPSA) is 67.6 Å². The molecule has 1 aromatic carbocycles. The Kier molecular flexibility index (Phi) is 5.42. The predicted octanol–water partition coefficient (Wildman–Crippen LogP) is 2.43. The number of hydrogen-bond donors (Lipinski definition) is 2. The second-order valence-electron chi connectivity index (χ2n) is 5.17. The van der Waals surface area contributed by atoms with Crippen LogP contribution in [0.5, 0.6) is 0 Å². The third kappa shape index (κ3) is 4.80. The molecule has 0 aromatic heterocycles. The fourth-order valence-electron chi connectivity index (χ4n) is 2.29. The third-order valence-electron chi connectivity index (χ3n) is 3.39. The number of carbonyl (C=O) groups excluding carboxylic acids is 1. The van der Waals surface area contributed by atoms with E-state index in [2.05, 4.69) is 5.32 Å². The van der Waals surface area contributed by atoms with Crippen LogP contribution in [-0.4, -0.2) is 43.3 Å². The van der Waals surface area contributed by atoms with Crippen LogP contribution in [0.2, 0.25) is 0 Å².